The van der Waals surface area contributed by atoms with Crippen LogP contribution < -0.4 is 5.73 Å². The molecule has 1 atom stereocenters. The molecule has 0 amide bonds. The maximum atomic E-state index is 13.6. The molecule has 114 valence electrons. The number of carbonyl (C=O) groups excluding carboxylic acids is 1. The molecule has 0 bridgehead atoms. The van der Waals surface area contributed by atoms with E-state index in [1.807, 2.05) is 0 Å². The van der Waals surface area contributed by atoms with E-state index in [0.29, 0.717) is 6.07 Å². The third kappa shape index (κ3) is 3.11. The molecule has 1 aromatic carbocycles. The largest absolute Gasteiger partial charge is 0.573 e. The number of nitrogens with zero attached hydrogens (tertiary/aromatic N) is 1. The molecule has 1 aliphatic carbocycles. The van der Waals surface area contributed by atoms with Crippen LogP contribution in [0.25, 0.3) is 0 Å². The van der Waals surface area contributed by atoms with Crippen molar-refractivity contribution in [3.8, 4) is 0 Å². The molecule has 1 aliphatic rings. The lowest BCUT2D eigenvalue weighted by Crippen LogP contribution is -2.29. The first kappa shape index (κ1) is 15.2. The minimum atomic E-state index is -4.91. The number of anilines is 1. The smallest absolute Gasteiger partial charge is 0.398 e. The van der Waals surface area contributed by atoms with E-state index in [4.69, 9.17) is 5.73 Å². The van der Waals surface area contributed by atoms with Crippen molar-refractivity contribution < 1.29 is 31.5 Å². The van der Waals surface area contributed by atoms with Gasteiger partial charge in [0.05, 0.1) is 0 Å². The number of hydrogen-bond acceptors (Lipinski definition) is 4. The van der Waals surface area contributed by atoms with E-state index in [1.165, 1.54) is 0 Å². The van der Waals surface area contributed by atoms with Gasteiger partial charge in [-0.1, -0.05) is 0 Å². The summed E-state index contributed by atoms with van der Waals surface area (Å²) in [6, 6.07) is -0.517. The zero-order valence-corrected chi connectivity index (χ0v) is 10.4. The van der Waals surface area contributed by atoms with E-state index in [-0.39, 0.29) is 36.1 Å². The normalized spacial score (nSPS) is 18.9. The van der Waals surface area contributed by atoms with Crippen molar-refractivity contribution in [3.63, 3.8) is 0 Å². The summed E-state index contributed by atoms with van der Waals surface area (Å²) < 4.78 is 65.5. The van der Waals surface area contributed by atoms with Gasteiger partial charge in [-0.15, -0.1) is 13.2 Å². The van der Waals surface area contributed by atoms with Crippen LogP contribution in [0, 0.1) is 11.6 Å². The Bertz CT molecular complexity index is 613. The second kappa shape index (κ2) is 5.30. The predicted octanol–water partition coefficient (Wildman–Crippen LogP) is 2.61. The molecule has 1 aromatic rings. The van der Waals surface area contributed by atoms with Gasteiger partial charge in [0.1, 0.15) is 6.04 Å². The average Bonchev–Trinajstić information content (AvgIpc) is 2.36. The highest BCUT2D eigenvalue weighted by atomic mass is 19.4. The van der Waals surface area contributed by atoms with Gasteiger partial charge in [-0.25, -0.2) is 13.8 Å². The molecule has 0 aliphatic heterocycles. The van der Waals surface area contributed by atoms with Crippen LogP contribution in [-0.2, 0) is 11.2 Å². The number of halogens is 5. The molecule has 0 saturated carbocycles. The number of ketones is 1. The van der Waals surface area contributed by atoms with E-state index >= 15 is 0 Å². The Labute approximate surface area is 115 Å². The Kier molecular flexibility index (Phi) is 3.84. The van der Waals surface area contributed by atoms with Gasteiger partial charge in [0.2, 0.25) is 0 Å². The molecular formula is C12H9F5N2O2. The summed E-state index contributed by atoms with van der Waals surface area (Å²) in [5.41, 5.74) is 4.78. The molecule has 0 aromatic heterocycles. The molecule has 0 radical (unpaired) electrons. The van der Waals surface area contributed by atoms with Gasteiger partial charge < -0.3 is 10.5 Å². The molecule has 4 nitrogen and oxygen atoms in total. The maximum Gasteiger partial charge on any atom is 0.573 e. The van der Waals surface area contributed by atoms with Gasteiger partial charge in [0.15, 0.2) is 23.8 Å². The summed E-state index contributed by atoms with van der Waals surface area (Å²) in [5.74, 6) is -3.13. The lowest BCUT2D eigenvalue weighted by molar-refractivity contribution is -0.280. The second-order valence-corrected chi connectivity index (χ2v) is 4.35. The van der Waals surface area contributed by atoms with Crippen molar-refractivity contribution in [2.45, 2.75) is 25.2 Å². The Balaban J connectivity index is 2.27. The van der Waals surface area contributed by atoms with Crippen molar-refractivity contribution in [2.24, 2.45) is 4.99 Å². The minimum Gasteiger partial charge on any atom is -0.398 e. The molecule has 0 heterocycles. The molecule has 9 heteroatoms. The van der Waals surface area contributed by atoms with E-state index in [1.54, 1.807) is 0 Å². The zero-order chi connectivity index (χ0) is 15.8. The summed E-state index contributed by atoms with van der Waals surface area (Å²) in [6.45, 7) is 0. The Morgan fingerprint density at radius 1 is 1.38 bits per heavy atom. The molecule has 2 N–H and O–H groups in total. The molecule has 2 rings (SSSR count). The van der Waals surface area contributed by atoms with Crippen molar-refractivity contribution in [1.29, 1.82) is 0 Å². The number of aliphatic imine (C=N–C) groups is 1. The summed E-state index contributed by atoms with van der Waals surface area (Å²) in [7, 11) is 0. The molecule has 0 fully saturated rings. The Morgan fingerprint density at radius 2 is 2.05 bits per heavy atom. The number of alkyl halides is 3. The fourth-order valence-corrected chi connectivity index (χ4v) is 2.11. The third-order valence-corrected chi connectivity index (χ3v) is 2.99. The fourth-order valence-electron chi connectivity index (χ4n) is 2.11. The quantitative estimate of drug-likeness (QED) is 0.395. The second-order valence-electron chi connectivity index (χ2n) is 4.35. The van der Waals surface area contributed by atoms with Gasteiger partial charge in [-0.2, -0.15) is 0 Å². The van der Waals surface area contributed by atoms with Crippen LogP contribution in [0.5, 0.6) is 0 Å². The Morgan fingerprint density at radius 3 is 2.67 bits per heavy atom. The summed E-state index contributed by atoms with van der Waals surface area (Å²) in [5, 5.41) is 0. The number of nitrogen functional groups attached to an aromatic ring is 1. The first-order chi connectivity index (χ1) is 9.70. The first-order valence-electron chi connectivity index (χ1n) is 5.77. The van der Waals surface area contributed by atoms with Crippen LogP contribution in [-0.4, -0.2) is 24.6 Å². The van der Waals surface area contributed by atoms with Gasteiger partial charge in [-0.05, 0) is 12.8 Å². The van der Waals surface area contributed by atoms with Crippen molar-refractivity contribution in [1.82, 2.24) is 0 Å². The molecule has 0 spiro atoms. The number of Topliss-reactive ketones (excluding diaryl/α,β-unsaturated/α-hetero) is 1. The SMILES string of the molecule is Nc1cc(F)c(F)c2c1C(=O)C(N=COC(F)(F)F)CC2. The van der Waals surface area contributed by atoms with Gasteiger partial charge in [0.25, 0.3) is 0 Å². The van der Waals surface area contributed by atoms with E-state index in [0.717, 1.165) is 0 Å². The van der Waals surface area contributed by atoms with Crippen molar-refractivity contribution in [3.05, 3.63) is 28.8 Å². The average molecular weight is 308 g/mol. The van der Waals surface area contributed by atoms with Crippen LogP contribution in [0.1, 0.15) is 22.3 Å². The van der Waals surface area contributed by atoms with E-state index in [2.05, 4.69) is 9.73 Å². The summed E-state index contributed by atoms with van der Waals surface area (Å²) >= 11 is 0. The van der Waals surface area contributed by atoms with Gasteiger partial charge in [-0.3, -0.25) is 4.79 Å². The van der Waals surface area contributed by atoms with E-state index in [9.17, 15) is 26.7 Å². The van der Waals surface area contributed by atoms with Gasteiger partial charge in [0, 0.05) is 22.9 Å². The maximum absolute atomic E-state index is 13.6. The van der Waals surface area contributed by atoms with Crippen molar-refractivity contribution >= 4 is 17.9 Å². The summed E-state index contributed by atoms with van der Waals surface area (Å²) in [6.07, 6.45) is -4.93. The van der Waals surface area contributed by atoms with Crippen LogP contribution in [0.15, 0.2) is 11.1 Å². The topological polar surface area (TPSA) is 64.7 Å². The van der Waals surface area contributed by atoms with Crippen molar-refractivity contribution in [2.75, 3.05) is 5.73 Å². The van der Waals surface area contributed by atoms with Crippen LogP contribution in [0.3, 0.4) is 0 Å². The highest BCUT2D eigenvalue weighted by Crippen LogP contribution is 2.31. The molecular weight excluding hydrogens is 299 g/mol. The highest BCUT2D eigenvalue weighted by molar-refractivity contribution is 6.07. The zero-order valence-electron chi connectivity index (χ0n) is 10.4. The number of ether oxygens (including phenoxy) is 1. The first-order valence-corrected chi connectivity index (χ1v) is 5.77. The molecule has 1 unspecified atom stereocenters. The third-order valence-electron chi connectivity index (χ3n) is 2.99. The Hall–Kier alpha value is -2.19. The van der Waals surface area contributed by atoms with Gasteiger partial charge >= 0.3 is 6.36 Å². The van der Waals surface area contributed by atoms with E-state index < -0.39 is 29.8 Å². The lowest BCUT2D eigenvalue weighted by Gasteiger charge is -2.22. The molecule has 21 heavy (non-hydrogen) atoms. The monoisotopic (exact) mass is 308 g/mol. The lowest BCUT2D eigenvalue weighted by atomic mass is 9.86. The number of hydrogen-bond donors (Lipinski definition) is 1. The number of nitrogens with two attached hydrogens (primary N) is 1. The van der Waals surface area contributed by atoms with Crippen LogP contribution in [0.2, 0.25) is 0 Å². The minimum absolute atomic E-state index is 0.0661. The molecule has 0 saturated heterocycles. The predicted molar refractivity (Wildman–Crippen MR) is 62.8 cm³/mol. The number of benzene rings is 1. The van der Waals surface area contributed by atoms with Crippen LogP contribution >= 0.6 is 0 Å². The number of rotatable bonds is 2. The highest BCUT2D eigenvalue weighted by Gasteiger charge is 2.33. The van der Waals surface area contributed by atoms with Crippen LogP contribution in [0.4, 0.5) is 27.6 Å². The summed E-state index contributed by atoms with van der Waals surface area (Å²) in [4.78, 5) is 15.4. The number of carbonyl (C=O) groups is 1. The standard InChI is InChI=1S/C12H9F5N2O2/c13-6-3-7(18)9-5(10(6)14)1-2-8(11(9)20)19-4-21-12(15,16)17/h3-4,8H,1-2,18H2. The fraction of sp³-hybridized carbons (Fsp3) is 0.333. The number of fused-ring (bicyclic) bond motifs is 1.